The van der Waals surface area contributed by atoms with Crippen LogP contribution in [0.15, 0.2) is 47.5 Å². The number of nitrogens with zero attached hydrogens (tertiary/aromatic N) is 3. The molecule has 1 aromatic heterocycles. The molecular weight excluding hydrogens is 505 g/mol. The van der Waals surface area contributed by atoms with Crippen LogP contribution in [-0.2, 0) is 17.4 Å². The molecule has 5 rings (SSSR count). The molecule has 0 bridgehead atoms. The van der Waals surface area contributed by atoms with E-state index in [2.05, 4.69) is 15.1 Å². The molecule has 0 unspecified atom stereocenters. The van der Waals surface area contributed by atoms with E-state index in [9.17, 15) is 22.8 Å². The lowest BCUT2D eigenvalue weighted by Gasteiger charge is -2.19. The van der Waals surface area contributed by atoms with Crippen LogP contribution in [-0.4, -0.2) is 64.4 Å². The van der Waals surface area contributed by atoms with Gasteiger partial charge in [-0.25, -0.2) is 0 Å². The number of fused-ring (bicyclic) bond motifs is 1. The third kappa shape index (κ3) is 5.24. The molecule has 0 atom stereocenters. The molecule has 0 spiro atoms. The Hall–Kier alpha value is -3.31. The predicted molar refractivity (Wildman–Crippen MR) is 135 cm³/mol. The Morgan fingerprint density at radius 3 is 2.62 bits per heavy atom. The van der Waals surface area contributed by atoms with Gasteiger partial charge in [-0.1, -0.05) is 12.1 Å². The maximum absolute atomic E-state index is 14.0. The molecule has 2 fully saturated rings. The SMILES string of the molecule is COc1ccc(C/C(=C2/SC(=O)N(CCN3CCCC3)C2=O)c2ccc3[nH]ncc3c2)c(C(F)(F)F)c1. The summed E-state index contributed by atoms with van der Waals surface area (Å²) in [5.41, 5.74) is 0.817. The topological polar surface area (TPSA) is 78.5 Å². The summed E-state index contributed by atoms with van der Waals surface area (Å²) in [6, 6.07) is 9.02. The number of carbonyl (C=O) groups is 2. The van der Waals surface area contributed by atoms with Crippen molar-refractivity contribution in [3.8, 4) is 5.75 Å². The van der Waals surface area contributed by atoms with Crippen molar-refractivity contribution in [1.29, 1.82) is 0 Å². The quantitative estimate of drug-likeness (QED) is 0.416. The van der Waals surface area contributed by atoms with Gasteiger partial charge in [0.05, 0.1) is 29.3 Å². The van der Waals surface area contributed by atoms with E-state index in [1.54, 1.807) is 24.4 Å². The van der Waals surface area contributed by atoms with Crippen molar-refractivity contribution in [1.82, 2.24) is 20.0 Å². The van der Waals surface area contributed by atoms with Crippen molar-refractivity contribution in [2.75, 3.05) is 33.3 Å². The van der Waals surface area contributed by atoms with Gasteiger partial charge < -0.3 is 9.64 Å². The molecule has 194 valence electrons. The zero-order valence-corrected chi connectivity index (χ0v) is 20.9. The molecule has 2 saturated heterocycles. The second-order valence-corrected chi connectivity index (χ2v) is 10.0. The summed E-state index contributed by atoms with van der Waals surface area (Å²) in [4.78, 5) is 29.9. The van der Waals surface area contributed by atoms with Gasteiger partial charge in [0.2, 0.25) is 0 Å². The summed E-state index contributed by atoms with van der Waals surface area (Å²) < 4.78 is 47.0. The zero-order chi connectivity index (χ0) is 26.2. The summed E-state index contributed by atoms with van der Waals surface area (Å²) in [5.74, 6) is -0.391. The van der Waals surface area contributed by atoms with E-state index in [-0.39, 0.29) is 29.2 Å². The number of nitrogens with one attached hydrogen (secondary N) is 1. The number of hydrogen-bond donors (Lipinski definition) is 1. The van der Waals surface area contributed by atoms with Gasteiger partial charge in [-0.05, 0) is 85.1 Å². The van der Waals surface area contributed by atoms with Crippen LogP contribution < -0.4 is 4.74 Å². The second kappa shape index (κ2) is 10.2. The van der Waals surface area contributed by atoms with E-state index in [4.69, 9.17) is 4.74 Å². The fraction of sp³-hybridized carbons (Fsp3) is 0.346. The third-order valence-electron chi connectivity index (χ3n) is 6.74. The fourth-order valence-corrected chi connectivity index (χ4v) is 5.73. The predicted octanol–water partition coefficient (Wildman–Crippen LogP) is 5.34. The number of ether oxygens (including phenoxy) is 1. The number of methoxy groups -OCH3 is 1. The van der Waals surface area contributed by atoms with Crippen LogP contribution in [0.2, 0.25) is 0 Å². The van der Waals surface area contributed by atoms with E-state index in [0.717, 1.165) is 54.7 Å². The average Bonchev–Trinajstić information content (AvgIpc) is 3.62. The maximum Gasteiger partial charge on any atom is 0.416 e. The van der Waals surface area contributed by atoms with Crippen molar-refractivity contribution in [3.05, 3.63) is 64.2 Å². The van der Waals surface area contributed by atoms with Crippen LogP contribution in [0.4, 0.5) is 18.0 Å². The number of alkyl halides is 3. The Morgan fingerprint density at radius 2 is 1.89 bits per heavy atom. The molecule has 3 heterocycles. The molecule has 0 saturated carbocycles. The first-order valence-electron chi connectivity index (χ1n) is 11.9. The highest BCUT2D eigenvalue weighted by molar-refractivity contribution is 8.18. The molecule has 37 heavy (non-hydrogen) atoms. The second-order valence-electron chi connectivity index (χ2n) is 9.05. The molecule has 1 N–H and O–H groups in total. The molecule has 0 aliphatic carbocycles. The van der Waals surface area contributed by atoms with Crippen LogP contribution in [0, 0.1) is 0 Å². The Balaban J connectivity index is 1.56. The van der Waals surface area contributed by atoms with Crippen molar-refractivity contribution in [3.63, 3.8) is 0 Å². The zero-order valence-electron chi connectivity index (χ0n) is 20.1. The standard InChI is InChI=1S/C26H25F3N4O3S/c1-36-19-6-4-17(21(14-19)26(27,28)29)13-20(16-5-7-22-18(12-16)15-30-31-22)23-24(34)33(25(35)37-23)11-10-32-8-2-3-9-32/h4-7,12,14-15H,2-3,8-11,13H2,1H3,(H,30,31)/b23-20-. The van der Waals surface area contributed by atoms with Crippen molar-refractivity contribution >= 4 is 39.4 Å². The summed E-state index contributed by atoms with van der Waals surface area (Å²) in [5, 5.41) is 7.19. The molecule has 0 radical (unpaired) electrons. The lowest BCUT2D eigenvalue weighted by atomic mass is 9.93. The molecule has 2 aliphatic heterocycles. The highest BCUT2D eigenvalue weighted by Crippen LogP contribution is 2.41. The lowest BCUT2D eigenvalue weighted by Crippen LogP contribution is -2.36. The first-order valence-corrected chi connectivity index (χ1v) is 12.7. The number of imide groups is 1. The Morgan fingerprint density at radius 1 is 1.11 bits per heavy atom. The number of rotatable bonds is 7. The van der Waals surface area contributed by atoms with Crippen LogP contribution >= 0.6 is 11.8 Å². The van der Waals surface area contributed by atoms with Gasteiger partial charge in [0.15, 0.2) is 0 Å². The highest BCUT2D eigenvalue weighted by Gasteiger charge is 2.39. The van der Waals surface area contributed by atoms with E-state index in [0.29, 0.717) is 17.7 Å². The monoisotopic (exact) mass is 530 g/mol. The van der Waals surface area contributed by atoms with E-state index < -0.39 is 22.9 Å². The lowest BCUT2D eigenvalue weighted by molar-refractivity contribution is -0.138. The molecule has 2 aromatic carbocycles. The van der Waals surface area contributed by atoms with Crippen LogP contribution in [0.5, 0.6) is 5.75 Å². The number of likely N-dealkylation sites (tertiary alicyclic amines) is 1. The molecule has 7 nitrogen and oxygen atoms in total. The smallest absolute Gasteiger partial charge is 0.416 e. The molecule has 3 aromatic rings. The number of hydrogen-bond acceptors (Lipinski definition) is 6. The number of aromatic nitrogens is 2. The van der Waals surface area contributed by atoms with Gasteiger partial charge in [-0.15, -0.1) is 0 Å². The molecular formula is C26H25F3N4O3S. The third-order valence-corrected chi connectivity index (χ3v) is 7.76. The number of thioether (sulfide) groups is 1. The Kier molecular flexibility index (Phi) is 7.00. The fourth-order valence-electron chi connectivity index (χ4n) is 4.76. The first-order chi connectivity index (χ1) is 17.7. The first kappa shape index (κ1) is 25.3. The van der Waals surface area contributed by atoms with Crippen molar-refractivity contribution in [2.24, 2.45) is 0 Å². The van der Waals surface area contributed by atoms with E-state index in [1.165, 1.54) is 24.1 Å². The van der Waals surface area contributed by atoms with Crippen molar-refractivity contribution in [2.45, 2.75) is 25.4 Å². The highest BCUT2D eigenvalue weighted by atomic mass is 32.2. The number of carbonyl (C=O) groups excluding carboxylic acids is 2. The van der Waals surface area contributed by atoms with Gasteiger partial charge in [0.1, 0.15) is 5.75 Å². The number of amides is 2. The van der Waals surface area contributed by atoms with Crippen LogP contribution in [0.3, 0.4) is 0 Å². The summed E-state index contributed by atoms with van der Waals surface area (Å²) >= 11 is 0.784. The average molecular weight is 531 g/mol. The van der Waals surface area contributed by atoms with Crippen LogP contribution in [0.1, 0.15) is 29.5 Å². The normalized spacial score (nSPS) is 18.3. The Labute approximate surface area is 215 Å². The van der Waals surface area contributed by atoms with E-state index >= 15 is 0 Å². The molecule has 2 aliphatic rings. The van der Waals surface area contributed by atoms with Gasteiger partial charge >= 0.3 is 6.18 Å². The number of aromatic amines is 1. The number of H-pyrrole nitrogens is 1. The molecule has 2 amide bonds. The summed E-state index contributed by atoms with van der Waals surface area (Å²) in [6.45, 7) is 2.69. The van der Waals surface area contributed by atoms with Gasteiger partial charge in [0, 0.05) is 18.5 Å². The number of halogens is 3. The van der Waals surface area contributed by atoms with Crippen molar-refractivity contribution < 1.29 is 27.5 Å². The van der Waals surface area contributed by atoms with Gasteiger partial charge in [-0.3, -0.25) is 19.6 Å². The van der Waals surface area contributed by atoms with Gasteiger partial charge in [-0.2, -0.15) is 18.3 Å². The van der Waals surface area contributed by atoms with Crippen LogP contribution in [0.25, 0.3) is 16.5 Å². The molecule has 11 heteroatoms. The minimum absolute atomic E-state index is 0.0144. The summed E-state index contributed by atoms with van der Waals surface area (Å²) in [6.07, 6.45) is -1.04. The number of allylic oxidation sites excluding steroid dienone is 1. The Bertz CT molecular complexity index is 1380. The minimum atomic E-state index is -4.63. The summed E-state index contributed by atoms with van der Waals surface area (Å²) in [7, 11) is 1.30. The van der Waals surface area contributed by atoms with Gasteiger partial charge in [0.25, 0.3) is 11.1 Å². The maximum atomic E-state index is 14.0. The largest absolute Gasteiger partial charge is 0.497 e. The van der Waals surface area contributed by atoms with E-state index in [1.807, 2.05) is 0 Å². The minimum Gasteiger partial charge on any atom is -0.497 e. The number of benzene rings is 2.